The van der Waals surface area contributed by atoms with Crippen LogP contribution in [-0.4, -0.2) is 24.2 Å². The molecule has 2 aromatic carbocycles. The molecule has 0 fully saturated rings. The highest BCUT2D eigenvalue weighted by Crippen LogP contribution is 2.29. The Kier molecular flexibility index (Phi) is 5.72. The second-order valence-electron chi connectivity index (χ2n) is 5.96. The van der Waals surface area contributed by atoms with Gasteiger partial charge in [-0.05, 0) is 60.4 Å². The molecule has 150 valence electrons. The van der Waals surface area contributed by atoms with E-state index in [2.05, 4.69) is 0 Å². The zero-order valence-corrected chi connectivity index (χ0v) is 14.5. The summed E-state index contributed by atoms with van der Waals surface area (Å²) in [7, 11) is 0. The highest BCUT2D eigenvalue weighted by atomic mass is 19.4. The third kappa shape index (κ3) is 5.02. The molecule has 2 aromatic rings. The first-order valence-corrected chi connectivity index (χ1v) is 7.77. The Morgan fingerprint density at radius 3 is 1.25 bits per heavy atom. The SMILES string of the molecule is Cc1cc(-c2ccc(NC(=O)C(F)(F)F)c(C)c2)ccc1NC(=O)C(F)(F)F. The van der Waals surface area contributed by atoms with Crippen LogP contribution in [0, 0.1) is 13.8 Å². The van der Waals surface area contributed by atoms with Gasteiger partial charge in [-0.1, -0.05) is 12.1 Å². The summed E-state index contributed by atoms with van der Waals surface area (Å²) in [5, 5.41) is 3.53. The summed E-state index contributed by atoms with van der Waals surface area (Å²) in [5.74, 6) is -4.19. The van der Waals surface area contributed by atoms with Crippen molar-refractivity contribution < 1.29 is 35.9 Å². The fourth-order valence-corrected chi connectivity index (χ4v) is 2.35. The lowest BCUT2D eigenvalue weighted by Gasteiger charge is -2.14. The van der Waals surface area contributed by atoms with Crippen LogP contribution < -0.4 is 10.6 Å². The number of carbonyl (C=O) groups is 2. The molecule has 2 rings (SSSR count). The van der Waals surface area contributed by atoms with E-state index in [0.29, 0.717) is 22.3 Å². The first-order chi connectivity index (χ1) is 12.8. The molecule has 0 aliphatic heterocycles. The smallest absolute Gasteiger partial charge is 0.318 e. The van der Waals surface area contributed by atoms with E-state index >= 15 is 0 Å². The second-order valence-corrected chi connectivity index (χ2v) is 5.96. The van der Waals surface area contributed by atoms with E-state index in [-0.39, 0.29) is 11.4 Å². The molecule has 0 atom stereocenters. The van der Waals surface area contributed by atoms with Crippen molar-refractivity contribution in [2.45, 2.75) is 26.2 Å². The number of nitrogens with one attached hydrogen (secondary N) is 2. The van der Waals surface area contributed by atoms with E-state index in [1.54, 1.807) is 10.6 Å². The minimum absolute atomic E-state index is 0.0168. The Balaban J connectivity index is 2.24. The number of anilines is 2. The number of hydrogen-bond acceptors (Lipinski definition) is 2. The molecule has 0 bridgehead atoms. The Hall–Kier alpha value is -3.04. The summed E-state index contributed by atoms with van der Waals surface area (Å²) in [5.41, 5.74) is 1.83. The van der Waals surface area contributed by atoms with Gasteiger partial charge in [0.05, 0.1) is 0 Å². The molecule has 0 heterocycles. The normalized spacial score (nSPS) is 11.9. The molecule has 28 heavy (non-hydrogen) atoms. The third-order valence-corrected chi connectivity index (χ3v) is 3.80. The average molecular weight is 404 g/mol. The molecule has 0 aliphatic carbocycles. The highest BCUT2D eigenvalue weighted by Gasteiger charge is 2.39. The number of amides is 2. The number of benzene rings is 2. The summed E-state index contributed by atoms with van der Waals surface area (Å²) < 4.78 is 74.1. The fraction of sp³-hybridized carbons (Fsp3) is 0.222. The van der Waals surface area contributed by atoms with Gasteiger partial charge in [0.25, 0.3) is 0 Å². The van der Waals surface area contributed by atoms with E-state index in [1.165, 1.54) is 50.2 Å². The van der Waals surface area contributed by atoms with Crippen LogP contribution in [0.1, 0.15) is 11.1 Å². The first-order valence-electron chi connectivity index (χ1n) is 7.77. The van der Waals surface area contributed by atoms with Gasteiger partial charge in [-0.3, -0.25) is 9.59 Å². The van der Waals surface area contributed by atoms with Crippen LogP contribution in [0.2, 0.25) is 0 Å². The molecule has 4 nitrogen and oxygen atoms in total. The number of rotatable bonds is 3. The molecule has 0 radical (unpaired) electrons. The Morgan fingerprint density at radius 2 is 1.00 bits per heavy atom. The van der Waals surface area contributed by atoms with Gasteiger partial charge in [-0.15, -0.1) is 0 Å². The Labute approximate surface area is 155 Å². The Bertz CT molecular complexity index is 844. The van der Waals surface area contributed by atoms with Crippen LogP contribution in [0.4, 0.5) is 37.7 Å². The van der Waals surface area contributed by atoms with Crippen molar-refractivity contribution in [3.05, 3.63) is 47.5 Å². The van der Waals surface area contributed by atoms with Gasteiger partial charge in [-0.2, -0.15) is 26.3 Å². The Morgan fingerprint density at radius 1 is 0.679 bits per heavy atom. The maximum Gasteiger partial charge on any atom is 0.471 e. The summed E-state index contributed by atoms with van der Waals surface area (Å²) in [6, 6.07) is 8.55. The summed E-state index contributed by atoms with van der Waals surface area (Å²) in [6.45, 7) is 3.00. The van der Waals surface area contributed by atoms with Crippen molar-refractivity contribution in [3.8, 4) is 11.1 Å². The van der Waals surface area contributed by atoms with Crippen LogP contribution >= 0.6 is 0 Å². The lowest BCUT2D eigenvalue weighted by molar-refractivity contribution is -0.167. The van der Waals surface area contributed by atoms with Gasteiger partial charge in [-0.25, -0.2) is 0 Å². The van der Waals surface area contributed by atoms with Crippen molar-refractivity contribution in [1.29, 1.82) is 0 Å². The largest absolute Gasteiger partial charge is 0.471 e. The van der Waals surface area contributed by atoms with E-state index in [0.717, 1.165) is 0 Å². The standard InChI is InChI=1S/C18H14F6N2O2/c1-9-7-11(3-5-13(9)25-15(27)17(19,20)21)12-4-6-14(10(2)8-12)26-16(28)18(22,23)24/h3-8H,1-2H3,(H,25,27)(H,26,28). The topological polar surface area (TPSA) is 58.2 Å². The second kappa shape index (κ2) is 7.53. The minimum Gasteiger partial charge on any atom is -0.318 e. The van der Waals surface area contributed by atoms with Gasteiger partial charge in [0.15, 0.2) is 0 Å². The maximum atomic E-state index is 12.3. The molecule has 10 heteroatoms. The zero-order valence-electron chi connectivity index (χ0n) is 14.5. The fourth-order valence-electron chi connectivity index (χ4n) is 2.35. The van der Waals surface area contributed by atoms with Crippen LogP contribution in [0.5, 0.6) is 0 Å². The first kappa shape index (κ1) is 21.3. The van der Waals surface area contributed by atoms with Gasteiger partial charge in [0, 0.05) is 11.4 Å². The number of alkyl halides is 6. The van der Waals surface area contributed by atoms with Crippen molar-refractivity contribution in [3.63, 3.8) is 0 Å². The van der Waals surface area contributed by atoms with Gasteiger partial charge < -0.3 is 10.6 Å². The van der Waals surface area contributed by atoms with Crippen LogP contribution in [0.3, 0.4) is 0 Å². The van der Waals surface area contributed by atoms with Gasteiger partial charge >= 0.3 is 24.2 Å². The highest BCUT2D eigenvalue weighted by molar-refractivity contribution is 5.96. The number of halogens is 6. The number of carbonyl (C=O) groups excluding carboxylic acids is 2. The maximum absolute atomic E-state index is 12.3. The van der Waals surface area contributed by atoms with Crippen molar-refractivity contribution in [1.82, 2.24) is 0 Å². The number of hydrogen-bond donors (Lipinski definition) is 2. The molecule has 0 saturated heterocycles. The zero-order chi connectivity index (χ0) is 21.3. The van der Waals surface area contributed by atoms with Crippen molar-refractivity contribution in [2.24, 2.45) is 0 Å². The minimum atomic E-state index is -5.01. The molecule has 0 saturated carbocycles. The van der Waals surface area contributed by atoms with Gasteiger partial charge in [0.1, 0.15) is 0 Å². The van der Waals surface area contributed by atoms with Crippen LogP contribution in [-0.2, 0) is 9.59 Å². The molecular weight excluding hydrogens is 390 g/mol. The van der Waals surface area contributed by atoms with Gasteiger partial charge in [0.2, 0.25) is 0 Å². The van der Waals surface area contributed by atoms with E-state index in [4.69, 9.17) is 0 Å². The van der Waals surface area contributed by atoms with E-state index in [9.17, 15) is 35.9 Å². The van der Waals surface area contributed by atoms with Crippen molar-refractivity contribution >= 4 is 23.2 Å². The lowest BCUT2D eigenvalue weighted by atomic mass is 10.00. The van der Waals surface area contributed by atoms with E-state index in [1.807, 2.05) is 0 Å². The predicted molar refractivity (Wildman–Crippen MR) is 90.7 cm³/mol. The molecule has 0 aromatic heterocycles. The lowest BCUT2D eigenvalue weighted by Crippen LogP contribution is -2.30. The third-order valence-electron chi connectivity index (χ3n) is 3.80. The van der Waals surface area contributed by atoms with Crippen LogP contribution in [0.15, 0.2) is 36.4 Å². The van der Waals surface area contributed by atoms with E-state index < -0.39 is 24.2 Å². The monoisotopic (exact) mass is 404 g/mol. The van der Waals surface area contributed by atoms with Crippen molar-refractivity contribution in [2.75, 3.05) is 10.6 Å². The summed E-state index contributed by atoms with van der Waals surface area (Å²) in [4.78, 5) is 22.1. The molecular formula is C18H14F6N2O2. The average Bonchev–Trinajstić information content (AvgIpc) is 2.56. The predicted octanol–water partition coefficient (Wildman–Crippen LogP) is 4.97. The summed E-state index contributed by atoms with van der Waals surface area (Å²) in [6.07, 6.45) is -10.0. The molecule has 2 N–H and O–H groups in total. The number of aryl methyl sites for hydroxylation is 2. The molecule has 2 amide bonds. The molecule has 0 spiro atoms. The summed E-state index contributed by atoms with van der Waals surface area (Å²) >= 11 is 0. The molecule has 0 aliphatic rings. The van der Waals surface area contributed by atoms with Crippen LogP contribution in [0.25, 0.3) is 11.1 Å². The quantitative estimate of drug-likeness (QED) is 0.710. The molecule has 0 unspecified atom stereocenters.